The normalized spacial score (nSPS) is 11.1. The largest absolute Gasteiger partial charge is 0.466 e. The van der Waals surface area contributed by atoms with Crippen LogP contribution in [0.3, 0.4) is 0 Å². The van der Waals surface area contributed by atoms with Gasteiger partial charge in [-0.2, -0.15) is 0 Å². The Morgan fingerprint density at radius 2 is 2.32 bits per heavy atom. The lowest BCUT2D eigenvalue weighted by molar-refractivity contribution is -0.143. The minimum Gasteiger partial charge on any atom is -0.466 e. The number of H-pyrrole nitrogens is 1. The first-order valence-corrected chi connectivity index (χ1v) is 9.23. The second kappa shape index (κ2) is 7.60. The van der Waals surface area contributed by atoms with Crippen molar-refractivity contribution < 1.29 is 13.9 Å². The third kappa shape index (κ3) is 3.63. The Morgan fingerprint density at radius 3 is 3.00 bits per heavy atom. The van der Waals surface area contributed by atoms with Gasteiger partial charge < -0.3 is 14.1 Å². The zero-order valence-electron chi connectivity index (χ0n) is 14.1. The molecule has 0 unspecified atom stereocenters. The highest BCUT2D eigenvalue weighted by Crippen LogP contribution is 2.23. The van der Waals surface area contributed by atoms with E-state index in [4.69, 9.17) is 9.15 Å². The number of nitrogens with one attached hydrogen (secondary N) is 1. The van der Waals surface area contributed by atoms with Crippen molar-refractivity contribution in [1.82, 2.24) is 14.5 Å². The summed E-state index contributed by atoms with van der Waals surface area (Å²) < 4.78 is 11.9. The van der Waals surface area contributed by atoms with Crippen molar-refractivity contribution >= 4 is 28.8 Å². The minimum atomic E-state index is -0.254. The van der Waals surface area contributed by atoms with Gasteiger partial charge in [0.25, 0.3) is 5.56 Å². The first kappa shape index (κ1) is 17.3. The Morgan fingerprint density at radius 1 is 1.48 bits per heavy atom. The Hall–Kier alpha value is -2.48. The van der Waals surface area contributed by atoms with Gasteiger partial charge in [0.05, 0.1) is 24.1 Å². The first-order chi connectivity index (χ1) is 12.1. The van der Waals surface area contributed by atoms with Crippen molar-refractivity contribution in [1.29, 1.82) is 0 Å². The molecule has 1 N–H and O–H groups in total. The van der Waals surface area contributed by atoms with Crippen molar-refractivity contribution in [2.45, 2.75) is 31.5 Å². The summed E-state index contributed by atoms with van der Waals surface area (Å²) in [4.78, 5) is 31.9. The molecule has 0 aliphatic carbocycles. The van der Waals surface area contributed by atoms with E-state index in [1.54, 1.807) is 29.9 Å². The Labute approximate surface area is 148 Å². The summed E-state index contributed by atoms with van der Waals surface area (Å²) in [6.07, 6.45) is 4.24. The monoisotopic (exact) mass is 361 g/mol. The number of nitrogens with zero attached hydrogens (tertiary/aromatic N) is 2. The third-order valence-corrected chi connectivity index (χ3v) is 4.42. The zero-order chi connectivity index (χ0) is 17.8. The third-order valence-electron chi connectivity index (χ3n) is 3.74. The summed E-state index contributed by atoms with van der Waals surface area (Å²) in [6, 6.07) is 5.41. The van der Waals surface area contributed by atoms with Gasteiger partial charge in [-0.3, -0.25) is 14.2 Å². The second-order valence-corrected chi connectivity index (χ2v) is 6.16. The average Bonchev–Trinajstić information content (AvgIpc) is 3.25. The van der Waals surface area contributed by atoms with Crippen molar-refractivity contribution in [3.63, 3.8) is 0 Å². The van der Waals surface area contributed by atoms with Crippen molar-refractivity contribution in [3.05, 3.63) is 34.8 Å². The molecule has 0 saturated heterocycles. The highest BCUT2D eigenvalue weighted by molar-refractivity contribution is 7.98. The molecule has 3 aromatic heterocycles. The molecular formula is C17H19N3O4S. The van der Waals surface area contributed by atoms with E-state index in [1.807, 2.05) is 12.3 Å². The van der Waals surface area contributed by atoms with Crippen LogP contribution < -0.4 is 5.56 Å². The number of furan rings is 1. The van der Waals surface area contributed by atoms with Crippen LogP contribution in [0.2, 0.25) is 0 Å². The van der Waals surface area contributed by atoms with Crippen LogP contribution in [-0.2, 0) is 16.1 Å². The van der Waals surface area contributed by atoms with Gasteiger partial charge in [-0.1, -0.05) is 11.8 Å². The summed E-state index contributed by atoms with van der Waals surface area (Å²) in [5, 5.41) is 0.617. The standard InChI is InChI=1S/C17H19N3O4S/c1-3-23-14(21)7-4-8-20-16(22)15-12(19-17(20)25-2)10-11(18-15)13-6-5-9-24-13/h5-6,9-10,18H,3-4,7-8H2,1-2H3. The molecule has 7 nitrogen and oxygen atoms in total. The van der Waals surface area contributed by atoms with Gasteiger partial charge in [0.1, 0.15) is 11.3 Å². The average molecular weight is 361 g/mol. The molecule has 3 aromatic rings. The van der Waals surface area contributed by atoms with Gasteiger partial charge in [0, 0.05) is 13.0 Å². The molecule has 3 rings (SSSR count). The fourth-order valence-electron chi connectivity index (χ4n) is 2.61. The SMILES string of the molecule is CCOC(=O)CCCn1c(SC)nc2cc(-c3ccco3)[nH]c2c1=O. The summed E-state index contributed by atoms with van der Waals surface area (Å²) in [6.45, 7) is 2.54. The zero-order valence-corrected chi connectivity index (χ0v) is 14.9. The topological polar surface area (TPSA) is 90.1 Å². The van der Waals surface area contributed by atoms with Gasteiger partial charge in [-0.25, -0.2) is 4.98 Å². The van der Waals surface area contributed by atoms with Crippen molar-refractivity contribution in [3.8, 4) is 11.5 Å². The summed E-state index contributed by atoms with van der Waals surface area (Å²) in [7, 11) is 0. The van der Waals surface area contributed by atoms with E-state index in [-0.39, 0.29) is 17.9 Å². The fraction of sp³-hybridized carbons (Fsp3) is 0.353. The van der Waals surface area contributed by atoms with Crippen LogP contribution in [0, 0.1) is 0 Å². The molecule has 0 amide bonds. The number of hydrogen-bond acceptors (Lipinski definition) is 6. The number of fused-ring (bicyclic) bond motifs is 1. The molecule has 25 heavy (non-hydrogen) atoms. The van der Waals surface area contributed by atoms with Crippen LogP contribution in [0.15, 0.2) is 38.8 Å². The lowest BCUT2D eigenvalue weighted by Gasteiger charge is -2.10. The smallest absolute Gasteiger partial charge is 0.305 e. The van der Waals surface area contributed by atoms with E-state index in [1.165, 1.54) is 11.8 Å². The Bertz CT molecular complexity index is 927. The van der Waals surface area contributed by atoms with Crippen molar-refractivity contribution in [2.24, 2.45) is 0 Å². The molecule has 0 bridgehead atoms. The number of carbonyl (C=O) groups is 1. The molecular weight excluding hydrogens is 342 g/mol. The van der Waals surface area contributed by atoms with Gasteiger partial charge >= 0.3 is 5.97 Å². The molecule has 0 radical (unpaired) electrons. The van der Waals surface area contributed by atoms with Crippen molar-refractivity contribution in [2.75, 3.05) is 12.9 Å². The first-order valence-electron chi connectivity index (χ1n) is 8.01. The molecule has 0 saturated carbocycles. The number of carbonyl (C=O) groups excluding carboxylic acids is 1. The lowest BCUT2D eigenvalue weighted by Crippen LogP contribution is -2.23. The molecule has 0 spiro atoms. The minimum absolute atomic E-state index is 0.156. The number of esters is 1. The van der Waals surface area contributed by atoms with E-state index in [0.717, 1.165) is 0 Å². The number of ether oxygens (including phenoxy) is 1. The predicted octanol–water partition coefficient (Wildman–Crippen LogP) is 3.05. The molecule has 0 aliphatic heterocycles. The molecule has 0 atom stereocenters. The fourth-order valence-corrected chi connectivity index (χ4v) is 3.20. The molecule has 0 fully saturated rings. The van der Waals surface area contributed by atoms with Crippen LogP contribution in [0.25, 0.3) is 22.5 Å². The van der Waals surface area contributed by atoms with Crippen LogP contribution in [0.4, 0.5) is 0 Å². The van der Waals surface area contributed by atoms with Crippen LogP contribution in [0.5, 0.6) is 0 Å². The maximum atomic E-state index is 12.8. The maximum Gasteiger partial charge on any atom is 0.305 e. The van der Waals surface area contributed by atoms with E-state index in [9.17, 15) is 9.59 Å². The highest BCUT2D eigenvalue weighted by Gasteiger charge is 2.15. The Balaban J connectivity index is 1.91. The summed E-state index contributed by atoms with van der Waals surface area (Å²) in [5.74, 6) is 0.396. The second-order valence-electron chi connectivity index (χ2n) is 5.38. The van der Waals surface area contributed by atoms with E-state index in [0.29, 0.717) is 47.2 Å². The van der Waals surface area contributed by atoms with Crippen LogP contribution in [0.1, 0.15) is 19.8 Å². The number of aromatic nitrogens is 3. The quantitative estimate of drug-likeness (QED) is 0.395. The molecule has 132 valence electrons. The maximum absolute atomic E-state index is 12.8. The van der Waals surface area contributed by atoms with E-state index in [2.05, 4.69) is 9.97 Å². The molecule has 0 aromatic carbocycles. The number of rotatable bonds is 7. The number of hydrogen-bond donors (Lipinski definition) is 1. The van der Waals surface area contributed by atoms with E-state index < -0.39 is 0 Å². The predicted molar refractivity (Wildman–Crippen MR) is 95.7 cm³/mol. The van der Waals surface area contributed by atoms with Gasteiger partial charge in [-0.05, 0) is 37.8 Å². The number of thioether (sulfide) groups is 1. The summed E-state index contributed by atoms with van der Waals surface area (Å²) >= 11 is 1.40. The molecule has 0 aliphatic rings. The molecule has 8 heteroatoms. The highest BCUT2D eigenvalue weighted by atomic mass is 32.2. The number of aromatic amines is 1. The molecule has 3 heterocycles. The lowest BCUT2D eigenvalue weighted by atomic mass is 10.3. The van der Waals surface area contributed by atoms with Gasteiger partial charge in [0.2, 0.25) is 0 Å². The van der Waals surface area contributed by atoms with Gasteiger partial charge in [0.15, 0.2) is 5.16 Å². The van der Waals surface area contributed by atoms with E-state index >= 15 is 0 Å². The van der Waals surface area contributed by atoms with Gasteiger partial charge in [-0.15, -0.1) is 0 Å². The Kier molecular flexibility index (Phi) is 5.28. The summed E-state index contributed by atoms with van der Waals surface area (Å²) in [5.41, 5.74) is 1.58. The van der Waals surface area contributed by atoms with Crippen LogP contribution in [-0.4, -0.2) is 33.4 Å². The van der Waals surface area contributed by atoms with Crippen LogP contribution >= 0.6 is 11.8 Å².